The Kier molecular flexibility index (Phi) is 12.1. The van der Waals surface area contributed by atoms with Crippen LogP contribution in [0, 0.1) is 0 Å². The quantitative estimate of drug-likeness (QED) is 0.458. The fourth-order valence-corrected chi connectivity index (χ4v) is 2.80. The standard InChI is InChI=1S/C22H26ClNO3.ClH/c23-21-17-20(27-16-5-4-9-18-7-2-1-3-8-18)12-11-19(21)10-6-14-24-15-13-22(25)26;/h1-3,6-8,10-12,17,24H,4-5,9,13-16H2,(H,25,26);1H. The normalized spacial score (nSPS) is 10.6. The zero-order chi connectivity index (χ0) is 19.3. The van der Waals surface area contributed by atoms with Gasteiger partial charge in [-0.2, -0.15) is 0 Å². The number of carbonyl (C=O) groups is 1. The van der Waals surface area contributed by atoms with E-state index < -0.39 is 5.97 Å². The lowest BCUT2D eigenvalue weighted by molar-refractivity contribution is -0.136. The summed E-state index contributed by atoms with van der Waals surface area (Å²) in [6, 6.07) is 16.1. The van der Waals surface area contributed by atoms with Crippen LogP contribution in [0.5, 0.6) is 5.75 Å². The molecule has 2 N–H and O–H groups in total. The SMILES string of the molecule is Cl.O=C(O)CCNCC=Cc1ccc(OCCCCc2ccccc2)cc1Cl. The van der Waals surface area contributed by atoms with E-state index in [9.17, 15) is 4.79 Å². The van der Waals surface area contributed by atoms with Gasteiger partial charge in [0.25, 0.3) is 0 Å². The van der Waals surface area contributed by atoms with Crippen molar-refractivity contribution in [2.24, 2.45) is 0 Å². The van der Waals surface area contributed by atoms with E-state index in [4.69, 9.17) is 21.4 Å². The van der Waals surface area contributed by atoms with Crippen LogP contribution in [0.1, 0.15) is 30.4 Å². The molecule has 4 nitrogen and oxygen atoms in total. The zero-order valence-corrected chi connectivity index (χ0v) is 17.3. The molecule has 2 aromatic rings. The Morgan fingerprint density at radius 3 is 2.64 bits per heavy atom. The summed E-state index contributed by atoms with van der Waals surface area (Å²) in [6.45, 7) is 1.72. The molecule has 0 fully saturated rings. The predicted molar refractivity (Wildman–Crippen MR) is 118 cm³/mol. The second-order valence-electron chi connectivity index (χ2n) is 6.22. The van der Waals surface area contributed by atoms with Gasteiger partial charge in [0.05, 0.1) is 18.1 Å². The van der Waals surface area contributed by atoms with Gasteiger partial charge in [-0.15, -0.1) is 12.4 Å². The summed E-state index contributed by atoms with van der Waals surface area (Å²) in [4.78, 5) is 10.4. The summed E-state index contributed by atoms with van der Waals surface area (Å²) in [6.07, 6.45) is 7.11. The van der Waals surface area contributed by atoms with Gasteiger partial charge in [-0.3, -0.25) is 4.79 Å². The highest BCUT2D eigenvalue weighted by molar-refractivity contribution is 6.32. The number of nitrogens with one attached hydrogen (secondary N) is 1. The van der Waals surface area contributed by atoms with Gasteiger partial charge in [-0.1, -0.05) is 54.1 Å². The lowest BCUT2D eigenvalue weighted by atomic mass is 10.1. The molecule has 0 unspecified atom stereocenters. The highest BCUT2D eigenvalue weighted by atomic mass is 35.5. The average molecular weight is 424 g/mol. The molecule has 0 aliphatic carbocycles. The van der Waals surface area contributed by atoms with E-state index in [1.165, 1.54) is 5.56 Å². The molecule has 0 saturated heterocycles. The lowest BCUT2D eigenvalue weighted by Gasteiger charge is -2.08. The maximum atomic E-state index is 10.4. The largest absolute Gasteiger partial charge is 0.494 e. The van der Waals surface area contributed by atoms with Gasteiger partial charge in [0.15, 0.2) is 0 Å². The van der Waals surface area contributed by atoms with Crippen molar-refractivity contribution in [3.63, 3.8) is 0 Å². The molecule has 0 atom stereocenters. The monoisotopic (exact) mass is 423 g/mol. The van der Waals surface area contributed by atoms with Crippen LogP contribution in [0.15, 0.2) is 54.6 Å². The number of unbranched alkanes of at least 4 members (excludes halogenated alkanes) is 1. The van der Waals surface area contributed by atoms with Gasteiger partial charge in [0.1, 0.15) is 5.75 Å². The van der Waals surface area contributed by atoms with Crippen LogP contribution in [-0.2, 0) is 11.2 Å². The summed E-state index contributed by atoms with van der Waals surface area (Å²) in [5, 5.41) is 12.2. The Labute approximate surface area is 178 Å². The molecular weight excluding hydrogens is 397 g/mol. The van der Waals surface area contributed by atoms with E-state index >= 15 is 0 Å². The molecular formula is C22H27Cl2NO3. The van der Waals surface area contributed by atoms with E-state index in [1.807, 2.05) is 36.4 Å². The van der Waals surface area contributed by atoms with Crippen molar-refractivity contribution in [1.82, 2.24) is 5.32 Å². The van der Waals surface area contributed by atoms with Crippen molar-refractivity contribution >= 4 is 36.1 Å². The minimum Gasteiger partial charge on any atom is -0.494 e. The van der Waals surface area contributed by atoms with Crippen molar-refractivity contribution in [2.75, 3.05) is 19.7 Å². The average Bonchev–Trinajstić information content (AvgIpc) is 2.66. The van der Waals surface area contributed by atoms with Gasteiger partial charge in [-0.25, -0.2) is 0 Å². The fourth-order valence-electron chi connectivity index (χ4n) is 2.57. The number of benzene rings is 2. The zero-order valence-electron chi connectivity index (χ0n) is 15.8. The molecule has 0 spiro atoms. The topological polar surface area (TPSA) is 58.6 Å². The Morgan fingerprint density at radius 1 is 1.14 bits per heavy atom. The van der Waals surface area contributed by atoms with Crippen LogP contribution in [0.4, 0.5) is 0 Å². The molecule has 0 amide bonds. The highest BCUT2D eigenvalue weighted by Gasteiger charge is 2.01. The third-order valence-electron chi connectivity index (χ3n) is 4.02. The number of carboxylic acids is 1. The van der Waals surface area contributed by atoms with Gasteiger partial charge < -0.3 is 15.2 Å². The lowest BCUT2D eigenvalue weighted by Crippen LogP contribution is -2.17. The summed E-state index contributed by atoms with van der Waals surface area (Å²) in [5.41, 5.74) is 2.27. The van der Waals surface area contributed by atoms with Gasteiger partial charge in [-0.05, 0) is 48.6 Å². The molecule has 6 heteroatoms. The molecule has 2 rings (SSSR count). The predicted octanol–water partition coefficient (Wildman–Crippen LogP) is 5.24. The minimum atomic E-state index is -0.801. The van der Waals surface area contributed by atoms with Crippen molar-refractivity contribution in [2.45, 2.75) is 25.7 Å². The molecule has 0 aromatic heterocycles. The third-order valence-corrected chi connectivity index (χ3v) is 4.35. The number of ether oxygens (including phenoxy) is 1. The van der Waals surface area contributed by atoms with E-state index in [0.717, 1.165) is 30.6 Å². The first kappa shape index (κ1) is 24.0. The summed E-state index contributed by atoms with van der Waals surface area (Å²) >= 11 is 6.30. The number of hydrogen-bond donors (Lipinski definition) is 2. The first-order valence-corrected chi connectivity index (χ1v) is 9.58. The Hall–Kier alpha value is -2.01. The Morgan fingerprint density at radius 2 is 1.93 bits per heavy atom. The Bertz CT molecular complexity index is 736. The number of aryl methyl sites for hydroxylation is 1. The smallest absolute Gasteiger partial charge is 0.304 e. The molecule has 0 saturated carbocycles. The number of carboxylic acid groups (broad SMARTS) is 1. The van der Waals surface area contributed by atoms with E-state index in [-0.39, 0.29) is 18.8 Å². The summed E-state index contributed by atoms with van der Waals surface area (Å²) in [7, 11) is 0. The first-order valence-electron chi connectivity index (χ1n) is 9.20. The Balaban J connectivity index is 0.00000392. The number of rotatable bonds is 12. The highest BCUT2D eigenvalue weighted by Crippen LogP contribution is 2.23. The van der Waals surface area contributed by atoms with Crippen molar-refractivity contribution < 1.29 is 14.6 Å². The molecule has 0 radical (unpaired) electrons. The maximum Gasteiger partial charge on any atom is 0.304 e. The molecule has 0 bridgehead atoms. The van der Waals surface area contributed by atoms with E-state index in [2.05, 4.69) is 29.6 Å². The second kappa shape index (κ2) is 14.1. The van der Waals surface area contributed by atoms with Crippen molar-refractivity contribution in [1.29, 1.82) is 0 Å². The molecule has 0 aliphatic heterocycles. The van der Waals surface area contributed by atoms with Crippen LogP contribution < -0.4 is 10.1 Å². The summed E-state index contributed by atoms with van der Waals surface area (Å²) in [5.74, 6) is -0.0263. The first-order chi connectivity index (χ1) is 13.1. The van der Waals surface area contributed by atoms with E-state index in [1.54, 1.807) is 0 Å². The number of aliphatic carboxylic acids is 1. The van der Waals surface area contributed by atoms with Crippen LogP contribution in [0.25, 0.3) is 6.08 Å². The minimum absolute atomic E-state index is 0. The number of hydrogen-bond acceptors (Lipinski definition) is 3. The van der Waals surface area contributed by atoms with Crippen LogP contribution in [-0.4, -0.2) is 30.8 Å². The molecule has 0 heterocycles. The van der Waals surface area contributed by atoms with Gasteiger partial charge in [0, 0.05) is 13.1 Å². The van der Waals surface area contributed by atoms with Gasteiger partial charge in [0.2, 0.25) is 0 Å². The van der Waals surface area contributed by atoms with Crippen LogP contribution >= 0.6 is 24.0 Å². The van der Waals surface area contributed by atoms with Crippen molar-refractivity contribution in [3.05, 3.63) is 70.8 Å². The van der Waals surface area contributed by atoms with Gasteiger partial charge >= 0.3 is 5.97 Å². The molecule has 0 aliphatic rings. The molecule has 152 valence electrons. The van der Waals surface area contributed by atoms with Crippen molar-refractivity contribution in [3.8, 4) is 5.75 Å². The van der Waals surface area contributed by atoms with E-state index in [0.29, 0.717) is 24.7 Å². The molecule has 2 aromatic carbocycles. The summed E-state index contributed by atoms with van der Waals surface area (Å²) < 4.78 is 5.78. The maximum absolute atomic E-state index is 10.4. The number of halogens is 2. The van der Waals surface area contributed by atoms with Crippen LogP contribution in [0.2, 0.25) is 5.02 Å². The van der Waals surface area contributed by atoms with Crippen LogP contribution in [0.3, 0.4) is 0 Å². The second-order valence-corrected chi connectivity index (χ2v) is 6.63. The molecule has 28 heavy (non-hydrogen) atoms. The third kappa shape index (κ3) is 9.79. The fraction of sp³-hybridized carbons (Fsp3) is 0.318.